The smallest absolute Gasteiger partial charge is 0.223 e. The van der Waals surface area contributed by atoms with Crippen molar-refractivity contribution < 1.29 is 14.3 Å². The summed E-state index contributed by atoms with van der Waals surface area (Å²) in [7, 11) is 1.61. The molecule has 0 radical (unpaired) electrons. The summed E-state index contributed by atoms with van der Waals surface area (Å²) in [6, 6.07) is 15.5. The van der Waals surface area contributed by atoms with E-state index in [2.05, 4.69) is 19.2 Å². The number of nitrogens with zero attached hydrogens (tertiary/aromatic N) is 1. The number of ether oxygens (including phenoxy) is 1. The van der Waals surface area contributed by atoms with E-state index in [-0.39, 0.29) is 18.2 Å². The molecule has 1 N–H and O–H groups in total. The van der Waals surface area contributed by atoms with Crippen LogP contribution in [0.1, 0.15) is 44.2 Å². The van der Waals surface area contributed by atoms with Gasteiger partial charge in [0.15, 0.2) is 0 Å². The quantitative estimate of drug-likeness (QED) is 0.769. The highest BCUT2D eigenvalue weighted by molar-refractivity contribution is 5.92. The summed E-state index contributed by atoms with van der Waals surface area (Å²) in [6.07, 6.45) is 0.237. The van der Waals surface area contributed by atoms with Gasteiger partial charge in [0.25, 0.3) is 0 Å². The van der Waals surface area contributed by atoms with E-state index in [9.17, 15) is 9.59 Å². The van der Waals surface area contributed by atoms with Crippen molar-refractivity contribution in [2.24, 2.45) is 0 Å². The van der Waals surface area contributed by atoms with E-state index in [1.54, 1.807) is 12.0 Å². The van der Waals surface area contributed by atoms with Crippen LogP contribution < -0.4 is 15.0 Å². The first-order chi connectivity index (χ1) is 12.9. The molecule has 0 aliphatic carbocycles. The zero-order valence-electron chi connectivity index (χ0n) is 16.5. The Morgan fingerprint density at radius 2 is 1.74 bits per heavy atom. The molecule has 0 aromatic heterocycles. The summed E-state index contributed by atoms with van der Waals surface area (Å²) in [5, 5.41) is 2.89. The molecule has 0 heterocycles. The molecule has 0 saturated carbocycles. The van der Waals surface area contributed by atoms with Crippen LogP contribution in [-0.2, 0) is 16.1 Å². The van der Waals surface area contributed by atoms with Crippen LogP contribution in [0.4, 0.5) is 5.69 Å². The minimum Gasteiger partial charge on any atom is -0.496 e. The number of hydrogen-bond donors (Lipinski definition) is 1. The molecule has 0 unspecified atom stereocenters. The van der Waals surface area contributed by atoms with Gasteiger partial charge in [0.05, 0.1) is 7.11 Å². The second-order valence-corrected chi connectivity index (χ2v) is 6.76. The fourth-order valence-corrected chi connectivity index (χ4v) is 2.85. The monoisotopic (exact) mass is 368 g/mol. The van der Waals surface area contributed by atoms with Crippen LogP contribution in [0.25, 0.3) is 0 Å². The van der Waals surface area contributed by atoms with Gasteiger partial charge in [-0.15, -0.1) is 0 Å². The van der Waals surface area contributed by atoms with Gasteiger partial charge in [0.1, 0.15) is 5.75 Å². The third-order valence-electron chi connectivity index (χ3n) is 4.48. The number of benzene rings is 2. The van der Waals surface area contributed by atoms with Crippen LogP contribution in [0.15, 0.2) is 48.5 Å². The molecule has 2 aromatic carbocycles. The minimum absolute atomic E-state index is 0.0789. The highest BCUT2D eigenvalue weighted by Crippen LogP contribution is 2.21. The van der Waals surface area contributed by atoms with Crippen molar-refractivity contribution >= 4 is 17.5 Å². The van der Waals surface area contributed by atoms with Gasteiger partial charge in [0.2, 0.25) is 11.8 Å². The van der Waals surface area contributed by atoms with E-state index in [4.69, 9.17) is 4.74 Å². The first kappa shape index (κ1) is 20.5. The standard InChI is InChI=1S/C22H28N2O3/c1-16(2)18-9-11-20(12-10-18)24(17(3)25)14-13-22(26)23-15-19-7-5-6-8-21(19)27-4/h5-12,16H,13-15H2,1-4H3,(H,23,26). The van der Waals surface area contributed by atoms with E-state index in [1.165, 1.54) is 12.5 Å². The summed E-state index contributed by atoms with van der Waals surface area (Å²) in [5.41, 5.74) is 2.95. The van der Waals surface area contributed by atoms with E-state index in [1.807, 2.05) is 48.5 Å². The number of carbonyl (C=O) groups is 2. The highest BCUT2D eigenvalue weighted by atomic mass is 16.5. The fraction of sp³-hybridized carbons (Fsp3) is 0.364. The lowest BCUT2D eigenvalue weighted by atomic mass is 10.0. The third-order valence-corrected chi connectivity index (χ3v) is 4.48. The van der Waals surface area contributed by atoms with Gasteiger partial charge in [-0.3, -0.25) is 9.59 Å². The maximum Gasteiger partial charge on any atom is 0.223 e. The van der Waals surface area contributed by atoms with Crippen molar-refractivity contribution in [3.05, 3.63) is 59.7 Å². The van der Waals surface area contributed by atoms with Crippen molar-refractivity contribution in [2.45, 2.75) is 39.7 Å². The summed E-state index contributed by atoms with van der Waals surface area (Å²) in [6.45, 7) is 6.51. The number of anilines is 1. The van der Waals surface area contributed by atoms with Gasteiger partial charge in [-0.05, 0) is 29.7 Å². The molecule has 0 atom stereocenters. The van der Waals surface area contributed by atoms with Gasteiger partial charge in [-0.25, -0.2) is 0 Å². The molecule has 0 saturated heterocycles. The number of amides is 2. The summed E-state index contributed by atoms with van der Waals surface area (Å²) in [5.74, 6) is 0.995. The van der Waals surface area contributed by atoms with E-state index in [0.29, 0.717) is 19.0 Å². The van der Waals surface area contributed by atoms with E-state index >= 15 is 0 Å². The van der Waals surface area contributed by atoms with Crippen molar-refractivity contribution in [3.8, 4) is 5.75 Å². The molecule has 144 valence electrons. The maximum atomic E-state index is 12.2. The van der Waals surface area contributed by atoms with Gasteiger partial charge >= 0.3 is 0 Å². The molecule has 0 aliphatic rings. The van der Waals surface area contributed by atoms with Crippen molar-refractivity contribution in [3.63, 3.8) is 0 Å². The Morgan fingerprint density at radius 1 is 1.07 bits per heavy atom. The van der Waals surface area contributed by atoms with Crippen molar-refractivity contribution in [2.75, 3.05) is 18.6 Å². The molecule has 2 rings (SSSR count). The summed E-state index contributed by atoms with van der Waals surface area (Å²) in [4.78, 5) is 25.9. The molecule has 2 amide bonds. The molecule has 5 heteroatoms. The van der Waals surface area contributed by atoms with Gasteiger partial charge in [0, 0.05) is 37.7 Å². The van der Waals surface area contributed by atoms with Crippen molar-refractivity contribution in [1.82, 2.24) is 5.32 Å². The Balaban J connectivity index is 1.93. The number of methoxy groups -OCH3 is 1. The van der Waals surface area contributed by atoms with Crippen LogP contribution in [-0.4, -0.2) is 25.5 Å². The number of nitrogens with one attached hydrogen (secondary N) is 1. The van der Waals surface area contributed by atoms with Gasteiger partial charge in [-0.2, -0.15) is 0 Å². The molecular formula is C22H28N2O3. The van der Waals surface area contributed by atoms with Gasteiger partial charge in [-0.1, -0.05) is 44.2 Å². The Morgan fingerprint density at radius 3 is 2.33 bits per heavy atom. The Bertz CT molecular complexity index is 769. The Labute approximate surface area is 161 Å². The zero-order valence-corrected chi connectivity index (χ0v) is 16.5. The lowest BCUT2D eigenvalue weighted by Gasteiger charge is -2.21. The average molecular weight is 368 g/mol. The SMILES string of the molecule is COc1ccccc1CNC(=O)CCN(C(C)=O)c1ccc(C(C)C)cc1. The van der Waals surface area contributed by atoms with Crippen LogP contribution in [0.5, 0.6) is 5.75 Å². The van der Waals surface area contributed by atoms with Crippen LogP contribution in [0.2, 0.25) is 0 Å². The summed E-state index contributed by atoms with van der Waals surface area (Å²) >= 11 is 0. The first-order valence-electron chi connectivity index (χ1n) is 9.19. The van der Waals surface area contributed by atoms with Crippen LogP contribution in [0, 0.1) is 0 Å². The number of rotatable bonds is 8. The topological polar surface area (TPSA) is 58.6 Å². The largest absolute Gasteiger partial charge is 0.496 e. The molecule has 0 bridgehead atoms. The lowest BCUT2D eigenvalue weighted by molar-refractivity contribution is -0.121. The third kappa shape index (κ3) is 5.84. The van der Waals surface area contributed by atoms with Crippen LogP contribution in [0.3, 0.4) is 0 Å². The maximum absolute atomic E-state index is 12.2. The predicted octanol–water partition coefficient (Wildman–Crippen LogP) is 3.88. The fourth-order valence-electron chi connectivity index (χ4n) is 2.85. The molecule has 0 spiro atoms. The second kappa shape index (κ2) is 9.76. The average Bonchev–Trinajstić information content (AvgIpc) is 2.66. The van der Waals surface area contributed by atoms with Crippen LogP contribution >= 0.6 is 0 Å². The van der Waals surface area contributed by atoms with Crippen molar-refractivity contribution in [1.29, 1.82) is 0 Å². The number of hydrogen-bond acceptors (Lipinski definition) is 3. The Hall–Kier alpha value is -2.82. The minimum atomic E-state index is -0.106. The molecule has 0 fully saturated rings. The summed E-state index contributed by atoms with van der Waals surface area (Å²) < 4.78 is 5.29. The first-order valence-corrected chi connectivity index (χ1v) is 9.19. The highest BCUT2D eigenvalue weighted by Gasteiger charge is 2.14. The zero-order chi connectivity index (χ0) is 19.8. The Kier molecular flexibility index (Phi) is 7.41. The number of carbonyl (C=O) groups excluding carboxylic acids is 2. The molecule has 2 aromatic rings. The number of para-hydroxylation sites is 1. The van der Waals surface area contributed by atoms with E-state index in [0.717, 1.165) is 17.0 Å². The lowest BCUT2D eigenvalue weighted by Crippen LogP contribution is -2.33. The van der Waals surface area contributed by atoms with E-state index < -0.39 is 0 Å². The molecule has 5 nitrogen and oxygen atoms in total. The normalized spacial score (nSPS) is 10.6. The van der Waals surface area contributed by atoms with Gasteiger partial charge < -0.3 is 15.0 Å². The molecule has 0 aliphatic heterocycles. The molecular weight excluding hydrogens is 340 g/mol. The predicted molar refractivity (Wildman–Crippen MR) is 108 cm³/mol. The second-order valence-electron chi connectivity index (χ2n) is 6.76. The molecule has 27 heavy (non-hydrogen) atoms.